The molecule has 0 aliphatic carbocycles. The fourth-order valence-electron chi connectivity index (χ4n) is 2.36. The van der Waals surface area contributed by atoms with E-state index in [0.29, 0.717) is 5.89 Å². The Bertz CT molecular complexity index is 767. The quantitative estimate of drug-likeness (QED) is 0.446. The van der Waals surface area contributed by atoms with Crippen molar-refractivity contribution < 1.29 is 4.42 Å². The number of aromatic nitrogens is 2. The van der Waals surface area contributed by atoms with Crippen molar-refractivity contribution in [3.05, 3.63) is 42.2 Å². The predicted molar refractivity (Wildman–Crippen MR) is 92.2 cm³/mol. The fraction of sp³-hybridized carbons (Fsp3) is 0.333. The summed E-state index contributed by atoms with van der Waals surface area (Å²) >= 11 is 1.83. The van der Waals surface area contributed by atoms with Gasteiger partial charge in [0.25, 0.3) is 0 Å². The van der Waals surface area contributed by atoms with Gasteiger partial charge in [0.2, 0.25) is 5.89 Å². The van der Waals surface area contributed by atoms with E-state index < -0.39 is 0 Å². The van der Waals surface area contributed by atoms with Crippen LogP contribution in [0.1, 0.15) is 31.7 Å². The highest BCUT2D eigenvalue weighted by molar-refractivity contribution is 7.99. The Morgan fingerprint density at radius 1 is 1.18 bits per heavy atom. The van der Waals surface area contributed by atoms with E-state index >= 15 is 0 Å². The van der Waals surface area contributed by atoms with Crippen LogP contribution in [0, 0.1) is 6.92 Å². The SMILES string of the molecule is CCCCCSc1cnccc1-c1nc2cc(C)ccc2o1. The molecule has 3 nitrogen and oxygen atoms in total. The van der Waals surface area contributed by atoms with Gasteiger partial charge in [0, 0.05) is 17.3 Å². The van der Waals surface area contributed by atoms with Gasteiger partial charge in [-0.2, -0.15) is 0 Å². The Kier molecular flexibility index (Phi) is 4.78. The molecule has 0 unspecified atom stereocenters. The van der Waals surface area contributed by atoms with E-state index in [9.17, 15) is 0 Å². The van der Waals surface area contributed by atoms with E-state index in [1.54, 1.807) is 6.20 Å². The molecular weight excluding hydrogens is 292 g/mol. The highest BCUT2D eigenvalue weighted by Gasteiger charge is 2.12. The maximum atomic E-state index is 5.92. The van der Waals surface area contributed by atoms with Crippen LogP contribution in [0.4, 0.5) is 0 Å². The molecule has 0 amide bonds. The number of hydrogen-bond acceptors (Lipinski definition) is 4. The summed E-state index contributed by atoms with van der Waals surface area (Å²) in [7, 11) is 0. The van der Waals surface area contributed by atoms with Gasteiger partial charge in [-0.25, -0.2) is 4.98 Å². The zero-order chi connectivity index (χ0) is 15.4. The topological polar surface area (TPSA) is 38.9 Å². The highest BCUT2D eigenvalue weighted by atomic mass is 32.2. The van der Waals surface area contributed by atoms with Crippen molar-refractivity contribution in [3.63, 3.8) is 0 Å². The monoisotopic (exact) mass is 312 g/mol. The predicted octanol–water partition coefficient (Wildman–Crippen LogP) is 5.48. The number of aryl methyl sites for hydroxylation is 1. The average molecular weight is 312 g/mol. The van der Waals surface area contributed by atoms with Gasteiger partial charge in [-0.05, 0) is 42.9 Å². The maximum Gasteiger partial charge on any atom is 0.228 e. The summed E-state index contributed by atoms with van der Waals surface area (Å²) in [5.74, 6) is 1.78. The minimum atomic E-state index is 0.681. The number of nitrogens with zero attached hydrogens (tertiary/aromatic N) is 2. The normalized spacial score (nSPS) is 11.2. The molecular formula is C18H20N2OS. The zero-order valence-electron chi connectivity index (χ0n) is 13.0. The zero-order valence-corrected chi connectivity index (χ0v) is 13.8. The molecule has 0 saturated carbocycles. The second-order valence-electron chi connectivity index (χ2n) is 5.42. The highest BCUT2D eigenvalue weighted by Crippen LogP contribution is 2.32. The summed E-state index contributed by atoms with van der Waals surface area (Å²) in [6, 6.07) is 8.07. The first kappa shape index (κ1) is 15.1. The van der Waals surface area contributed by atoms with Gasteiger partial charge >= 0.3 is 0 Å². The van der Waals surface area contributed by atoms with Crippen molar-refractivity contribution in [2.45, 2.75) is 38.0 Å². The van der Waals surface area contributed by atoms with Gasteiger partial charge < -0.3 is 4.42 Å². The third-order valence-corrected chi connectivity index (χ3v) is 4.69. The van der Waals surface area contributed by atoms with Gasteiger partial charge in [0.1, 0.15) is 5.52 Å². The fourth-order valence-corrected chi connectivity index (χ4v) is 3.37. The van der Waals surface area contributed by atoms with Crippen molar-refractivity contribution in [2.24, 2.45) is 0 Å². The Morgan fingerprint density at radius 2 is 2.09 bits per heavy atom. The van der Waals surface area contributed by atoms with E-state index in [-0.39, 0.29) is 0 Å². The van der Waals surface area contributed by atoms with Gasteiger partial charge in [-0.3, -0.25) is 4.98 Å². The Labute approximate surface area is 135 Å². The van der Waals surface area contributed by atoms with Gasteiger partial charge in [0.15, 0.2) is 5.58 Å². The summed E-state index contributed by atoms with van der Waals surface area (Å²) in [5.41, 5.74) is 3.97. The number of oxazole rings is 1. The van der Waals surface area contributed by atoms with Crippen molar-refractivity contribution in [2.75, 3.05) is 5.75 Å². The van der Waals surface area contributed by atoms with Crippen LogP contribution in [0.3, 0.4) is 0 Å². The Morgan fingerprint density at radius 3 is 2.95 bits per heavy atom. The summed E-state index contributed by atoms with van der Waals surface area (Å²) in [6.07, 6.45) is 7.44. The van der Waals surface area contributed by atoms with Crippen LogP contribution in [-0.2, 0) is 0 Å². The lowest BCUT2D eigenvalue weighted by molar-refractivity contribution is 0.618. The Hall–Kier alpha value is -1.81. The minimum Gasteiger partial charge on any atom is -0.436 e. The van der Waals surface area contributed by atoms with Crippen molar-refractivity contribution >= 4 is 22.9 Å². The van der Waals surface area contributed by atoms with Crippen LogP contribution >= 0.6 is 11.8 Å². The molecule has 0 bridgehead atoms. The number of rotatable bonds is 6. The molecule has 3 rings (SSSR count). The summed E-state index contributed by atoms with van der Waals surface area (Å²) in [4.78, 5) is 10.0. The van der Waals surface area contributed by atoms with Gasteiger partial charge in [0.05, 0.1) is 5.56 Å². The molecule has 0 aliphatic rings. The molecule has 0 fully saturated rings. The molecule has 0 atom stereocenters. The molecule has 0 spiro atoms. The van der Waals surface area contributed by atoms with E-state index in [0.717, 1.165) is 27.3 Å². The summed E-state index contributed by atoms with van der Waals surface area (Å²) in [5, 5.41) is 0. The Balaban J connectivity index is 1.89. The molecule has 2 heterocycles. The first-order valence-electron chi connectivity index (χ1n) is 7.72. The van der Waals surface area contributed by atoms with Crippen LogP contribution in [-0.4, -0.2) is 15.7 Å². The first-order valence-corrected chi connectivity index (χ1v) is 8.71. The number of fused-ring (bicyclic) bond motifs is 1. The number of unbranched alkanes of at least 4 members (excludes halogenated alkanes) is 2. The molecule has 22 heavy (non-hydrogen) atoms. The van der Waals surface area contributed by atoms with Gasteiger partial charge in [-0.15, -0.1) is 11.8 Å². The van der Waals surface area contributed by atoms with Crippen LogP contribution in [0.2, 0.25) is 0 Å². The summed E-state index contributed by atoms with van der Waals surface area (Å²) in [6.45, 7) is 4.29. The number of pyridine rings is 1. The molecule has 4 heteroatoms. The van der Waals surface area contributed by atoms with Gasteiger partial charge in [-0.1, -0.05) is 25.8 Å². The van der Waals surface area contributed by atoms with E-state index in [2.05, 4.69) is 29.9 Å². The smallest absolute Gasteiger partial charge is 0.228 e. The largest absolute Gasteiger partial charge is 0.436 e. The molecule has 0 N–H and O–H groups in total. The number of benzene rings is 1. The van der Waals surface area contributed by atoms with E-state index in [1.807, 2.05) is 36.2 Å². The number of hydrogen-bond donors (Lipinski definition) is 0. The molecule has 0 radical (unpaired) electrons. The maximum absolute atomic E-state index is 5.92. The van der Waals surface area contributed by atoms with Crippen LogP contribution < -0.4 is 0 Å². The second kappa shape index (κ2) is 6.97. The molecule has 3 aromatic rings. The molecule has 114 valence electrons. The standard InChI is InChI=1S/C18H20N2OS/c1-3-4-5-10-22-17-12-19-9-8-14(17)18-20-15-11-13(2)6-7-16(15)21-18/h6-9,11-12H,3-5,10H2,1-2H3. The van der Waals surface area contributed by atoms with Crippen molar-refractivity contribution in [3.8, 4) is 11.5 Å². The molecule has 0 aliphatic heterocycles. The minimum absolute atomic E-state index is 0.681. The molecule has 1 aromatic carbocycles. The third-order valence-electron chi connectivity index (χ3n) is 3.56. The van der Waals surface area contributed by atoms with Crippen molar-refractivity contribution in [1.29, 1.82) is 0 Å². The van der Waals surface area contributed by atoms with Crippen molar-refractivity contribution in [1.82, 2.24) is 9.97 Å². The second-order valence-corrected chi connectivity index (χ2v) is 6.55. The van der Waals surface area contributed by atoms with E-state index in [4.69, 9.17) is 4.42 Å². The third kappa shape index (κ3) is 3.33. The van der Waals surface area contributed by atoms with Crippen LogP contribution in [0.5, 0.6) is 0 Å². The number of thioether (sulfide) groups is 1. The lowest BCUT2D eigenvalue weighted by Crippen LogP contribution is -1.86. The van der Waals surface area contributed by atoms with E-state index in [1.165, 1.54) is 24.8 Å². The first-order chi connectivity index (χ1) is 10.8. The van der Waals surface area contributed by atoms with Crippen LogP contribution in [0.25, 0.3) is 22.6 Å². The lowest BCUT2D eigenvalue weighted by Gasteiger charge is -2.05. The molecule has 0 saturated heterocycles. The molecule has 2 aromatic heterocycles. The lowest BCUT2D eigenvalue weighted by atomic mass is 10.2. The van der Waals surface area contributed by atoms with Crippen LogP contribution in [0.15, 0.2) is 46.0 Å². The average Bonchev–Trinajstić information content (AvgIpc) is 2.95. The summed E-state index contributed by atoms with van der Waals surface area (Å²) < 4.78 is 5.92.